The summed E-state index contributed by atoms with van der Waals surface area (Å²) < 4.78 is 33.4. The van der Waals surface area contributed by atoms with Crippen LogP contribution in [0.3, 0.4) is 0 Å². The smallest absolute Gasteiger partial charge is 0.307 e. The number of hydrogen-bond acceptors (Lipinski definition) is 16. The Morgan fingerprint density at radius 1 is 0.240 bits per heavy atom. The normalized spacial score (nSPS) is 13.7. The highest BCUT2D eigenvalue weighted by Gasteiger charge is 2.34. The Balaban J connectivity index is 2.61. The number of rotatable bonds is 76. The Morgan fingerprint density at radius 3 is 0.610 bits per heavy atom. The van der Waals surface area contributed by atoms with Crippen molar-refractivity contribution in [3.8, 4) is 0 Å². The molecule has 1 saturated heterocycles. The first-order valence-electron chi connectivity index (χ1n) is 41.9. The molecule has 0 spiro atoms. The predicted octanol–water partition coefficient (Wildman–Crippen LogP) is 18.8. The lowest BCUT2D eigenvalue weighted by Gasteiger charge is -2.29. The molecule has 100 heavy (non-hydrogen) atoms. The van der Waals surface area contributed by atoms with Crippen LogP contribution in [-0.2, 0) is 66.8 Å². The Hall–Kier alpha value is -4.32. The lowest BCUT2D eigenvalue weighted by atomic mass is 10.0. The number of carbonyl (C=O) groups excluding carboxylic acids is 8. The van der Waals surface area contributed by atoms with Crippen LogP contribution in [0.25, 0.3) is 0 Å². The van der Waals surface area contributed by atoms with Crippen molar-refractivity contribution >= 4 is 47.6 Å². The molecule has 2 N–H and O–H groups in total. The van der Waals surface area contributed by atoms with Crippen LogP contribution in [0.4, 0.5) is 0 Å². The minimum Gasteiger partial charge on any atom is -0.466 e. The van der Waals surface area contributed by atoms with E-state index < -0.39 is 35.8 Å². The van der Waals surface area contributed by atoms with E-state index in [2.05, 4.69) is 38.3 Å². The van der Waals surface area contributed by atoms with Gasteiger partial charge < -0.3 is 39.1 Å². The second-order valence-corrected chi connectivity index (χ2v) is 28.8. The predicted molar refractivity (Wildman–Crippen MR) is 404 cm³/mol. The van der Waals surface area contributed by atoms with Gasteiger partial charge >= 0.3 is 35.8 Å². The molecule has 1 fully saturated rings. The number of carbonyl (C=O) groups is 8. The Morgan fingerprint density at radius 2 is 0.410 bits per heavy atom. The summed E-state index contributed by atoms with van der Waals surface area (Å²) >= 11 is 0. The third-order valence-corrected chi connectivity index (χ3v) is 19.5. The third-order valence-electron chi connectivity index (χ3n) is 19.5. The van der Waals surface area contributed by atoms with E-state index in [0.717, 1.165) is 77.0 Å². The summed E-state index contributed by atoms with van der Waals surface area (Å²) in [6.07, 6.45) is 58.8. The topological polar surface area (TPSA) is 222 Å². The summed E-state index contributed by atoms with van der Waals surface area (Å²) in [7, 11) is 0. The van der Waals surface area contributed by atoms with E-state index in [9.17, 15) is 38.4 Å². The highest BCUT2D eigenvalue weighted by atomic mass is 16.6. The molecule has 18 heteroatoms. The Bertz CT molecular complexity index is 1750. The first-order valence-corrected chi connectivity index (χ1v) is 41.9. The molecule has 0 saturated carbocycles. The van der Waals surface area contributed by atoms with Gasteiger partial charge in [0.1, 0.15) is 25.3 Å². The average Bonchev–Trinajstić information content (AvgIpc) is 0.852. The third kappa shape index (κ3) is 62.3. The molecule has 1 rings (SSSR count). The summed E-state index contributed by atoms with van der Waals surface area (Å²) in [6.45, 7) is 12.2. The van der Waals surface area contributed by atoms with E-state index in [1.807, 2.05) is 9.80 Å². The van der Waals surface area contributed by atoms with Crippen LogP contribution in [0, 0.1) is 0 Å². The van der Waals surface area contributed by atoms with E-state index >= 15 is 0 Å². The standard InChI is InChI=1S/C82H152N4O14/c1-5-9-13-17-21-25-29-33-37-41-45-49-67-95-77(89)57-61-85(62-58-78(90)96-68-50-46-42-38-34-30-26-22-18-14-10-6-2)65-71-99-75(87)55-53-73-81(93)84-74(82(94)83-73)54-56-76(88)100-72-66-86(63-59-79(91)97-69-51-47-43-39-35-31-27-23-19-15-11-7-3)64-60-80(92)98-70-52-48-44-40-36-32-28-24-20-16-12-8-4/h73-74H,5-72H2,1-4H3,(H,83,94)(H,84,93). The number of nitrogens with zero attached hydrogens (tertiary/aromatic N) is 2. The van der Waals surface area contributed by atoms with Gasteiger partial charge in [-0.1, -0.05) is 310 Å². The number of ether oxygens (including phenoxy) is 6. The van der Waals surface area contributed by atoms with Crippen molar-refractivity contribution in [3.63, 3.8) is 0 Å². The maximum atomic E-state index is 13.2. The lowest BCUT2D eigenvalue weighted by Crippen LogP contribution is -2.61. The molecule has 1 aliphatic rings. The maximum Gasteiger partial charge on any atom is 0.307 e. The van der Waals surface area contributed by atoms with Crippen molar-refractivity contribution in [1.29, 1.82) is 0 Å². The van der Waals surface area contributed by atoms with Gasteiger partial charge in [-0.15, -0.1) is 0 Å². The van der Waals surface area contributed by atoms with Gasteiger partial charge in [0.2, 0.25) is 11.8 Å². The summed E-state index contributed by atoms with van der Waals surface area (Å²) in [5.74, 6) is -3.35. The van der Waals surface area contributed by atoms with Crippen LogP contribution in [0.5, 0.6) is 0 Å². The first-order chi connectivity index (χ1) is 48.9. The van der Waals surface area contributed by atoms with Crippen molar-refractivity contribution in [2.75, 3.05) is 78.9 Å². The molecule has 2 unspecified atom stereocenters. The Kier molecular flexibility index (Phi) is 67.1. The molecule has 0 aromatic carbocycles. The van der Waals surface area contributed by atoms with E-state index in [1.165, 1.54) is 231 Å². The minimum atomic E-state index is -0.981. The SMILES string of the molecule is CCCCCCCCCCCCCCOC(=O)CCN(CCOC(=O)CCC1NC(=O)C(CCC(=O)OCCN(CCC(=O)OCCCCCCCCCCCCCC)CCC(=O)OCCCCCCCCCCCCCC)NC1=O)CCC(=O)OCCCCCCCCCCCCCC. The second-order valence-electron chi connectivity index (χ2n) is 28.8. The monoisotopic (exact) mass is 1420 g/mol. The van der Waals surface area contributed by atoms with Gasteiger partial charge in [0.25, 0.3) is 0 Å². The lowest BCUT2D eigenvalue weighted by molar-refractivity contribution is -0.148. The summed E-state index contributed by atoms with van der Waals surface area (Å²) in [4.78, 5) is 108. The van der Waals surface area contributed by atoms with E-state index in [1.54, 1.807) is 0 Å². The molecule has 18 nitrogen and oxygen atoms in total. The molecule has 0 aromatic rings. The van der Waals surface area contributed by atoms with E-state index in [4.69, 9.17) is 28.4 Å². The molecular formula is C82H152N4O14. The van der Waals surface area contributed by atoms with Crippen molar-refractivity contribution in [1.82, 2.24) is 20.4 Å². The van der Waals surface area contributed by atoms with Gasteiger partial charge in [0.05, 0.1) is 52.1 Å². The number of unbranched alkanes of at least 4 members (excludes halogenated alkanes) is 44. The average molecular weight is 1420 g/mol. The van der Waals surface area contributed by atoms with Crippen LogP contribution in [0.2, 0.25) is 0 Å². The number of amides is 2. The zero-order valence-electron chi connectivity index (χ0n) is 64.8. The van der Waals surface area contributed by atoms with Crippen LogP contribution >= 0.6 is 0 Å². The van der Waals surface area contributed by atoms with Crippen LogP contribution in [0.1, 0.15) is 387 Å². The van der Waals surface area contributed by atoms with Gasteiger partial charge in [-0.2, -0.15) is 0 Å². The fourth-order valence-electron chi connectivity index (χ4n) is 12.8. The molecule has 1 heterocycles. The first kappa shape index (κ1) is 93.7. The van der Waals surface area contributed by atoms with E-state index in [-0.39, 0.29) is 102 Å². The van der Waals surface area contributed by atoms with Crippen molar-refractivity contribution in [3.05, 3.63) is 0 Å². The molecule has 0 aliphatic carbocycles. The minimum absolute atomic E-state index is 0.00419. The molecule has 0 bridgehead atoms. The maximum absolute atomic E-state index is 13.2. The summed E-state index contributed by atoms with van der Waals surface area (Å²) in [6, 6.07) is -1.96. The zero-order chi connectivity index (χ0) is 72.7. The van der Waals surface area contributed by atoms with Gasteiger partial charge in [-0.25, -0.2) is 0 Å². The van der Waals surface area contributed by atoms with Crippen molar-refractivity contribution in [2.24, 2.45) is 0 Å². The molecular weight excluding hydrogens is 1260 g/mol. The highest BCUT2D eigenvalue weighted by Crippen LogP contribution is 2.18. The number of nitrogens with one attached hydrogen (secondary N) is 2. The van der Waals surface area contributed by atoms with Gasteiger partial charge in [0.15, 0.2) is 0 Å². The fourth-order valence-corrected chi connectivity index (χ4v) is 12.8. The van der Waals surface area contributed by atoms with Crippen molar-refractivity contribution < 1.29 is 66.8 Å². The largest absolute Gasteiger partial charge is 0.466 e. The van der Waals surface area contributed by atoms with Crippen LogP contribution < -0.4 is 10.6 Å². The quantitative estimate of drug-likeness (QED) is 0.0328. The van der Waals surface area contributed by atoms with E-state index in [0.29, 0.717) is 52.6 Å². The van der Waals surface area contributed by atoms with Gasteiger partial charge in [-0.05, 0) is 38.5 Å². The molecule has 0 radical (unpaired) electrons. The number of hydrogen-bond donors (Lipinski definition) is 2. The highest BCUT2D eigenvalue weighted by molar-refractivity contribution is 5.97. The molecule has 1 aliphatic heterocycles. The Labute approximate surface area is 610 Å². The number of piperazine rings is 1. The van der Waals surface area contributed by atoms with Gasteiger partial charge in [-0.3, -0.25) is 48.2 Å². The van der Waals surface area contributed by atoms with Crippen LogP contribution in [0.15, 0.2) is 0 Å². The van der Waals surface area contributed by atoms with Gasteiger partial charge in [0, 0.05) is 52.1 Å². The summed E-state index contributed by atoms with van der Waals surface area (Å²) in [5, 5.41) is 5.38. The molecule has 2 amide bonds. The van der Waals surface area contributed by atoms with Crippen LogP contribution in [-0.4, -0.2) is 148 Å². The summed E-state index contributed by atoms with van der Waals surface area (Å²) in [5.41, 5.74) is 0. The molecule has 2 atom stereocenters. The molecule has 0 aromatic heterocycles. The fraction of sp³-hybridized carbons (Fsp3) is 0.902. The molecule has 584 valence electrons. The second kappa shape index (κ2) is 71.7. The van der Waals surface area contributed by atoms with Crippen molar-refractivity contribution in [2.45, 2.75) is 399 Å². The zero-order valence-corrected chi connectivity index (χ0v) is 64.8. The number of esters is 6.